The van der Waals surface area contributed by atoms with Crippen LogP contribution in [0.15, 0.2) is 185 Å². The number of hydrogen-bond donors (Lipinski definition) is 0. The van der Waals surface area contributed by atoms with Gasteiger partial charge in [0.1, 0.15) is 11.0 Å². The summed E-state index contributed by atoms with van der Waals surface area (Å²) < 4.78 is 12.5. The molecule has 3 heterocycles. The van der Waals surface area contributed by atoms with Crippen LogP contribution in [-0.4, -0.2) is 15.0 Å². The fourth-order valence-corrected chi connectivity index (χ4v) is 9.02. The lowest BCUT2D eigenvalue weighted by atomic mass is 9.70. The maximum atomic E-state index is 6.27. The van der Waals surface area contributed by atoms with Crippen molar-refractivity contribution in [3.63, 3.8) is 0 Å². The first kappa shape index (κ1) is 30.1. The van der Waals surface area contributed by atoms with Crippen LogP contribution in [0.4, 0.5) is 0 Å². The number of hydrogen-bond acceptors (Lipinski definition) is 5. The third-order valence-corrected chi connectivity index (χ3v) is 11.4. The zero-order chi connectivity index (χ0) is 36.1. The lowest BCUT2D eigenvalue weighted by molar-refractivity contribution is 0.617. The predicted molar refractivity (Wildman–Crippen MR) is 217 cm³/mol. The molecular formula is C50H29N3O2. The van der Waals surface area contributed by atoms with E-state index in [2.05, 4.69) is 121 Å². The van der Waals surface area contributed by atoms with E-state index in [9.17, 15) is 0 Å². The number of para-hydroxylation sites is 4. The summed E-state index contributed by atoms with van der Waals surface area (Å²) in [5, 5.41) is 0. The number of nitrogens with zero attached hydrogens (tertiary/aromatic N) is 3. The summed E-state index contributed by atoms with van der Waals surface area (Å²) >= 11 is 0. The standard InChI is InChI=1S/C50H29N3O2/c1-4-15-38-34(12-1)35-13-2-5-16-39(35)50(38)40-17-6-3-14-36(40)37-25-24-30(29-41(37)50)42-20-11-21-43(51-42)31-26-32(48-52-44-18-7-9-22-46(44)54-48)28-33(27-31)49-53-45-19-8-10-23-47(45)55-49/h1-29H. The van der Waals surface area contributed by atoms with Crippen LogP contribution in [0.2, 0.25) is 0 Å². The average Bonchev–Trinajstić information content (AvgIpc) is 4.02. The largest absolute Gasteiger partial charge is 0.436 e. The summed E-state index contributed by atoms with van der Waals surface area (Å²) in [6.07, 6.45) is 0. The van der Waals surface area contributed by atoms with Crippen LogP contribution < -0.4 is 0 Å². The molecule has 5 heteroatoms. The maximum absolute atomic E-state index is 6.27. The summed E-state index contributed by atoms with van der Waals surface area (Å²) in [4.78, 5) is 15.0. The fraction of sp³-hybridized carbons (Fsp3) is 0.0200. The molecule has 256 valence electrons. The highest BCUT2D eigenvalue weighted by Gasteiger charge is 2.51. The van der Waals surface area contributed by atoms with Gasteiger partial charge < -0.3 is 8.83 Å². The lowest BCUT2D eigenvalue weighted by Crippen LogP contribution is -2.25. The van der Waals surface area contributed by atoms with Crippen LogP contribution in [0.5, 0.6) is 0 Å². The summed E-state index contributed by atoms with van der Waals surface area (Å²) in [5.74, 6) is 1.05. The van der Waals surface area contributed by atoms with Crippen molar-refractivity contribution in [3.8, 4) is 67.7 Å². The summed E-state index contributed by atoms with van der Waals surface area (Å²) in [6, 6.07) is 61.6. The van der Waals surface area contributed by atoms with Crippen LogP contribution in [0.1, 0.15) is 22.3 Å². The van der Waals surface area contributed by atoms with E-state index in [-0.39, 0.29) is 0 Å². The van der Waals surface area contributed by atoms with E-state index >= 15 is 0 Å². The Hall–Kier alpha value is -7.37. The summed E-state index contributed by atoms with van der Waals surface area (Å²) in [6.45, 7) is 0. The predicted octanol–water partition coefficient (Wildman–Crippen LogP) is 12.4. The van der Waals surface area contributed by atoms with Crippen molar-refractivity contribution in [1.82, 2.24) is 15.0 Å². The van der Waals surface area contributed by atoms with Crippen molar-refractivity contribution in [1.29, 1.82) is 0 Å². The first-order valence-electron chi connectivity index (χ1n) is 18.5. The second-order valence-electron chi connectivity index (χ2n) is 14.3. The van der Waals surface area contributed by atoms with Crippen LogP contribution in [-0.2, 0) is 5.41 Å². The minimum Gasteiger partial charge on any atom is -0.436 e. The Labute approximate surface area is 316 Å². The van der Waals surface area contributed by atoms with Crippen molar-refractivity contribution in [2.24, 2.45) is 0 Å². The highest BCUT2D eigenvalue weighted by atomic mass is 16.4. The van der Waals surface area contributed by atoms with Gasteiger partial charge in [-0.1, -0.05) is 115 Å². The SMILES string of the molecule is c1cc(-c2cc(-c3nc4ccccc4o3)cc(-c3nc4ccccc4o3)c2)nc(-c2ccc3c(c2)C2(c4ccccc4-c4ccccc42)c2ccccc2-3)c1. The quantitative estimate of drug-likeness (QED) is 0.183. The molecule has 0 saturated carbocycles. The van der Waals surface area contributed by atoms with Gasteiger partial charge in [-0.05, 0) is 105 Å². The minimum atomic E-state index is -0.421. The van der Waals surface area contributed by atoms with Gasteiger partial charge in [0.25, 0.3) is 0 Å². The number of aromatic nitrogens is 3. The maximum Gasteiger partial charge on any atom is 0.227 e. The molecule has 12 rings (SSSR count). The van der Waals surface area contributed by atoms with Gasteiger partial charge in [0.15, 0.2) is 11.2 Å². The zero-order valence-corrected chi connectivity index (χ0v) is 29.4. The Morgan fingerprint density at radius 2 is 0.782 bits per heavy atom. The zero-order valence-electron chi connectivity index (χ0n) is 29.4. The molecule has 0 aliphatic heterocycles. The van der Waals surface area contributed by atoms with Gasteiger partial charge >= 0.3 is 0 Å². The Kier molecular flexibility index (Phi) is 6.20. The molecule has 0 saturated heterocycles. The molecule has 1 spiro atoms. The normalized spacial score (nSPS) is 13.2. The molecule has 5 nitrogen and oxygen atoms in total. The van der Waals surface area contributed by atoms with Crippen LogP contribution in [0, 0.1) is 0 Å². The molecule has 55 heavy (non-hydrogen) atoms. The molecule has 0 fully saturated rings. The van der Waals surface area contributed by atoms with Gasteiger partial charge in [-0.2, -0.15) is 0 Å². The molecule has 2 aliphatic carbocycles. The van der Waals surface area contributed by atoms with Crippen LogP contribution in [0.25, 0.3) is 89.9 Å². The second-order valence-corrected chi connectivity index (χ2v) is 14.3. The third-order valence-electron chi connectivity index (χ3n) is 11.4. The molecule has 0 amide bonds. The number of pyridine rings is 1. The van der Waals surface area contributed by atoms with Crippen LogP contribution in [0.3, 0.4) is 0 Å². The third kappa shape index (κ3) is 4.32. The molecule has 0 bridgehead atoms. The van der Waals surface area contributed by atoms with Gasteiger partial charge in [0.2, 0.25) is 11.8 Å². The number of fused-ring (bicyclic) bond motifs is 12. The van der Waals surface area contributed by atoms with E-state index in [1.807, 2.05) is 54.6 Å². The van der Waals surface area contributed by atoms with Gasteiger partial charge in [-0.15, -0.1) is 0 Å². The molecule has 0 unspecified atom stereocenters. The van der Waals surface area contributed by atoms with Crippen molar-refractivity contribution < 1.29 is 8.83 Å². The van der Waals surface area contributed by atoms with Crippen molar-refractivity contribution >= 4 is 22.2 Å². The molecule has 0 N–H and O–H groups in total. The van der Waals surface area contributed by atoms with Crippen molar-refractivity contribution in [2.45, 2.75) is 5.41 Å². The Morgan fingerprint density at radius 3 is 1.33 bits per heavy atom. The van der Waals surface area contributed by atoms with E-state index in [0.717, 1.165) is 55.8 Å². The smallest absolute Gasteiger partial charge is 0.227 e. The van der Waals surface area contributed by atoms with Crippen LogP contribution >= 0.6 is 0 Å². The van der Waals surface area contributed by atoms with Crippen molar-refractivity contribution in [3.05, 3.63) is 198 Å². The van der Waals surface area contributed by atoms with E-state index < -0.39 is 5.41 Å². The summed E-state index contributed by atoms with van der Waals surface area (Å²) in [7, 11) is 0. The Bertz CT molecular complexity index is 2970. The lowest BCUT2D eigenvalue weighted by Gasteiger charge is -2.30. The Balaban J connectivity index is 1.03. The molecule has 0 radical (unpaired) electrons. The van der Waals surface area contributed by atoms with E-state index in [1.165, 1.54) is 44.5 Å². The first-order valence-corrected chi connectivity index (χ1v) is 18.5. The van der Waals surface area contributed by atoms with Gasteiger partial charge in [-0.3, -0.25) is 0 Å². The van der Waals surface area contributed by atoms with E-state index in [0.29, 0.717) is 11.8 Å². The average molecular weight is 704 g/mol. The summed E-state index contributed by atoms with van der Waals surface area (Å²) in [5.41, 5.74) is 18.3. The van der Waals surface area contributed by atoms with Gasteiger partial charge in [0, 0.05) is 22.3 Å². The van der Waals surface area contributed by atoms with E-state index in [1.54, 1.807) is 0 Å². The number of benzene rings is 7. The molecule has 0 atom stereocenters. The fourth-order valence-electron chi connectivity index (χ4n) is 9.02. The monoisotopic (exact) mass is 703 g/mol. The molecule has 7 aromatic carbocycles. The topological polar surface area (TPSA) is 65.0 Å². The molecule has 2 aliphatic rings. The number of rotatable bonds is 4. The Morgan fingerprint density at radius 1 is 0.327 bits per heavy atom. The van der Waals surface area contributed by atoms with Gasteiger partial charge in [-0.25, -0.2) is 15.0 Å². The highest BCUT2D eigenvalue weighted by molar-refractivity contribution is 5.96. The second kappa shape index (κ2) is 11.3. The molecule has 3 aromatic heterocycles. The van der Waals surface area contributed by atoms with Crippen molar-refractivity contribution in [2.75, 3.05) is 0 Å². The number of oxazole rings is 2. The minimum absolute atomic E-state index is 0.421. The first-order chi connectivity index (χ1) is 27.2. The van der Waals surface area contributed by atoms with Gasteiger partial charge in [0.05, 0.1) is 16.8 Å². The van der Waals surface area contributed by atoms with E-state index in [4.69, 9.17) is 23.8 Å². The highest BCUT2D eigenvalue weighted by Crippen LogP contribution is 2.63. The molecular weight excluding hydrogens is 675 g/mol. The molecule has 10 aromatic rings.